The van der Waals surface area contributed by atoms with Crippen LogP contribution in [-0.4, -0.2) is 51.4 Å². The predicted molar refractivity (Wildman–Crippen MR) is 111 cm³/mol. The van der Waals surface area contributed by atoms with E-state index < -0.39 is 47.3 Å². The highest BCUT2D eigenvalue weighted by molar-refractivity contribution is 6.15. The standard InChI is InChI=1S/C14H19F2N3O4.C4H8O2.CH3Cl/c1-7(2)12(20)22-6-14(3)4-8(15)11(23-14)19-5-9(16)10(17)18-13(19)21;1-3(2)4(5)6;1-2/h5,7-8,11H,4,6H2,1-3H3,(H2,17,18,21);3H,1-2H3,(H,5,6);1H3. The van der Waals surface area contributed by atoms with Gasteiger partial charge < -0.3 is 20.3 Å². The van der Waals surface area contributed by atoms with E-state index in [1.54, 1.807) is 34.6 Å². The first-order valence-corrected chi connectivity index (χ1v) is 10.2. The number of aromatic nitrogens is 2. The van der Waals surface area contributed by atoms with E-state index >= 15 is 0 Å². The number of carboxylic acids is 1. The third-order valence-electron chi connectivity index (χ3n) is 4.03. The number of carbonyl (C=O) groups is 2. The number of nitrogen functional groups attached to an aromatic ring is 1. The molecule has 1 aromatic heterocycles. The van der Waals surface area contributed by atoms with Crippen molar-refractivity contribution in [2.45, 2.75) is 59.0 Å². The molecular formula is C19H30ClF2N3O6. The molecule has 2 rings (SSSR count). The molecule has 1 aliphatic rings. The Kier molecular flexibility index (Phi) is 11.6. The Morgan fingerprint density at radius 1 is 1.39 bits per heavy atom. The van der Waals surface area contributed by atoms with Crippen LogP contribution in [0.15, 0.2) is 11.0 Å². The van der Waals surface area contributed by atoms with Crippen LogP contribution >= 0.6 is 11.6 Å². The highest BCUT2D eigenvalue weighted by atomic mass is 35.5. The van der Waals surface area contributed by atoms with Gasteiger partial charge in [-0.3, -0.25) is 14.2 Å². The van der Waals surface area contributed by atoms with E-state index in [1.807, 2.05) is 0 Å². The molecule has 1 aliphatic heterocycles. The summed E-state index contributed by atoms with van der Waals surface area (Å²) in [6, 6.07) is 0. The molecule has 1 aromatic rings. The van der Waals surface area contributed by atoms with Crippen LogP contribution in [0.5, 0.6) is 0 Å². The highest BCUT2D eigenvalue weighted by Gasteiger charge is 2.46. The number of alkyl halides is 2. The van der Waals surface area contributed by atoms with Gasteiger partial charge in [-0.2, -0.15) is 4.98 Å². The zero-order valence-corrected chi connectivity index (χ0v) is 19.2. The number of esters is 1. The molecule has 0 aromatic carbocycles. The van der Waals surface area contributed by atoms with Crippen molar-refractivity contribution in [3.63, 3.8) is 0 Å². The SMILES string of the molecule is CC(C)C(=O)O.CC(C)C(=O)OCC1(C)CC(F)C(n2cc(F)c(N)nc2=O)O1.CCl. The van der Waals surface area contributed by atoms with Gasteiger partial charge in [0.15, 0.2) is 17.9 Å². The van der Waals surface area contributed by atoms with Crippen LogP contribution in [0.2, 0.25) is 0 Å². The molecule has 3 unspecified atom stereocenters. The van der Waals surface area contributed by atoms with Gasteiger partial charge in [0.25, 0.3) is 0 Å². The summed E-state index contributed by atoms with van der Waals surface area (Å²) in [5.74, 6) is -3.24. The second-order valence-corrected chi connectivity index (χ2v) is 7.60. The van der Waals surface area contributed by atoms with Crippen LogP contribution < -0.4 is 11.4 Å². The lowest BCUT2D eigenvalue weighted by atomic mass is 10.0. The summed E-state index contributed by atoms with van der Waals surface area (Å²) < 4.78 is 39.0. The Labute approximate surface area is 184 Å². The Hall–Kier alpha value is -2.27. The van der Waals surface area contributed by atoms with E-state index in [-0.39, 0.29) is 24.9 Å². The molecule has 0 bridgehead atoms. The number of halogens is 3. The van der Waals surface area contributed by atoms with Crippen molar-refractivity contribution in [1.29, 1.82) is 0 Å². The van der Waals surface area contributed by atoms with E-state index in [2.05, 4.69) is 16.6 Å². The lowest BCUT2D eigenvalue weighted by molar-refractivity contribution is -0.160. The van der Waals surface area contributed by atoms with Crippen molar-refractivity contribution in [2.75, 3.05) is 18.7 Å². The van der Waals surface area contributed by atoms with Crippen LogP contribution in [0.3, 0.4) is 0 Å². The molecule has 12 heteroatoms. The zero-order chi connectivity index (χ0) is 24.5. The molecule has 1 saturated heterocycles. The number of nitrogens with zero attached hydrogens (tertiary/aromatic N) is 2. The van der Waals surface area contributed by atoms with Crippen molar-refractivity contribution in [2.24, 2.45) is 11.8 Å². The summed E-state index contributed by atoms with van der Waals surface area (Å²) in [6.07, 6.45) is -0.817. The van der Waals surface area contributed by atoms with Crippen LogP contribution in [-0.2, 0) is 19.1 Å². The number of carbonyl (C=O) groups excluding carboxylic acids is 1. The van der Waals surface area contributed by atoms with Crippen LogP contribution in [0.4, 0.5) is 14.6 Å². The topological polar surface area (TPSA) is 134 Å². The fourth-order valence-corrected chi connectivity index (χ4v) is 2.28. The number of hydrogen-bond acceptors (Lipinski definition) is 7. The molecule has 0 amide bonds. The molecule has 0 spiro atoms. The summed E-state index contributed by atoms with van der Waals surface area (Å²) >= 11 is 4.64. The second kappa shape index (κ2) is 12.6. The van der Waals surface area contributed by atoms with E-state index in [1.165, 1.54) is 6.38 Å². The number of nitrogens with two attached hydrogens (primary N) is 1. The lowest BCUT2D eigenvalue weighted by Gasteiger charge is -2.24. The van der Waals surface area contributed by atoms with Crippen LogP contribution in [0, 0.1) is 17.7 Å². The van der Waals surface area contributed by atoms with E-state index in [0.29, 0.717) is 4.57 Å². The summed E-state index contributed by atoms with van der Waals surface area (Å²) in [5, 5.41) is 7.99. The molecule has 31 heavy (non-hydrogen) atoms. The normalized spacial score (nSPS) is 22.3. The number of carboxylic acid groups (broad SMARTS) is 1. The van der Waals surface area contributed by atoms with Gasteiger partial charge in [-0.15, -0.1) is 11.6 Å². The van der Waals surface area contributed by atoms with E-state index in [4.69, 9.17) is 20.3 Å². The number of rotatable bonds is 5. The first kappa shape index (κ1) is 28.7. The summed E-state index contributed by atoms with van der Waals surface area (Å²) in [5.41, 5.74) is 3.16. The summed E-state index contributed by atoms with van der Waals surface area (Å²) in [6.45, 7) is 8.01. The van der Waals surface area contributed by atoms with Crippen molar-refractivity contribution in [3.8, 4) is 0 Å². The van der Waals surface area contributed by atoms with E-state index in [9.17, 15) is 23.2 Å². The average molecular weight is 470 g/mol. The minimum Gasteiger partial charge on any atom is -0.481 e. The molecule has 0 saturated carbocycles. The van der Waals surface area contributed by atoms with Gasteiger partial charge in [0.1, 0.15) is 18.4 Å². The van der Waals surface area contributed by atoms with Crippen LogP contribution in [0.1, 0.15) is 47.3 Å². The Bertz CT molecular complexity index is 805. The maximum atomic E-state index is 14.3. The van der Waals surface area contributed by atoms with Gasteiger partial charge in [0.05, 0.1) is 18.0 Å². The van der Waals surface area contributed by atoms with E-state index in [0.717, 1.165) is 6.20 Å². The van der Waals surface area contributed by atoms with Crippen LogP contribution in [0.25, 0.3) is 0 Å². The fraction of sp³-hybridized carbons (Fsp3) is 0.684. The molecule has 3 atom stereocenters. The third kappa shape index (κ3) is 8.78. The molecule has 3 N–H and O–H groups in total. The fourth-order valence-electron chi connectivity index (χ4n) is 2.28. The van der Waals surface area contributed by atoms with Crippen molar-refractivity contribution in [3.05, 3.63) is 22.5 Å². The van der Waals surface area contributed by atoms with Crippen molar-refractivity contribution >= 4 is 29.4 Å². The number of ether oxygens (including phenoxy) is 2. The minimum absolute atomic E-state index is 0.110. The second-order valence-electron chi connectivity index (χ2n) is 7.60. The first-order valence-electron chi connectivity index (χ1n) is 9.40. The predicted octanol–water partition coefficient (Wildman–Crippen LogP) is 2.76. The molecule has 178 valence electrons. The molecule has 1 fully saturated rings. The van der Waals surface area contributed by atoms with Gasteiger partial charge >= 0.3 is 17.6 Å². The first-order chi connectivity index (χ1) is 14.3. The van der Waals surface area contributed by atoms with Crippen molar-refractivity contribution in [1.82, 2.24) is 9.55 Å². The molecule has 9 nitrogen and oxygen atoms in total. The molecule has 0 aliphatic carbocycles. The molecular weight excluding hydrogens is 440 g/mol. The smallest absolute Gasteiger partial charge is 0.351 e. The monoisotopic (exact) mass is 469 g/mol. The lowest BCUT2D eigenvalue weighted by Crippen LogP contribution is -2.35. The Morgan fingerprint density at radius 3 is 2.35 bits per heavy atom. The van der Waals surface area contributed by atoms with Gasteiger partial charge in [-0.1, -0.05) is 27.7 Å². The molecule has 2 heterocycles. The minimum atomic E-state index is -1.58. The highest BCUT2D eigenvalue weighted by Crippen LogP contribution is 2.38. The Morgan fingerprint density at radius 2 is 1.90 bits per heavy atom. The average Bonchev–Trinajstić information content (AvgIpc) is 2.99. The molecule has 0 radical (unpaired) electrons. The third-order valence-corrected chi connectivity index (χ3v) is 4.03. The van der Waals surface area contributed by atoms with Gasteiger partial charge in [-0.05, 0) is 6.92 Å². The Balaban J connectivity index is 0.000000970. The summed E-state index contributed by atoms with van der Waals surface area (Å²) in [7, 11) is 0. The zero-order valence-electron chi connectivity index (χ0n) is 18.4. The number of anilines is 1. The van der Waals surface area contributed by atoms with Gasteiger partial charge in [-0.25, -0.2) is 13.6 Å². The maximum Gasteiger partial charge on any atom is 0.351 e. The van der Waals surface area contributed by atoms with Gasteiger partial charge in [0.2, 0.25) is 0 Å². The quantitative estimate of drug-likeness (QED) is 0.496. The van der Waals surface area contributed by atoms with Gasteiger partial charge in [0, 0.05) is 12.8 Å². The van der Waals surface area contributed by atoms with Crippen molar-refractivity contribution < 1.29 is 33.0 Å². The number of aliphatic carboxylic acids is 1. The maximum absolute atomic E-state index is 14.3. The largest absolute Gasteiger partial charge is 0.481 e. The number of hydrogen-bond donors (Lipinski definition) is 2. The summed E-state index contributed by atoms with van der Waals surface area (Å²) in [4.78, 5) is 36.2.